The van der Waals surface area contributed by atoms with Crippen molar-refractivity contribution in [3.05, 3.63) is 111 Å². The zero-order chi connectivity index (χ0) is 19.2. The molecule has 0 aromatic carbocycles. The number of hydrogen-bond acceptors (Lipinski definition) is 1. The van der Waals surface area contributed by atoms with Crippen molar-refractivity contribution in [3.8, 4) is 0 Å². The highest BCUT2D eigenvalue weighted by Crippen LogP contribution is 2.15. The minimum Gasteiger partial charge on any atom is -0.355 e. The van der Waals surface area contributed by atoms with Crippen LogP contribution in [0.3, 0.4) is 0 Å². The van der Waals surface area contributed by atoms with Crippen LogP contribution in [0.15, 0.2) is 77.5 Å². The molecule has 5 heterocycles. The van der Waals surface area contributed by atoms with Crippen molar-refractivity contribution >= 4 is 35.6 Å². The van der Waals surface area contributed by atoms with E-state index in [-0.39, 0.29) is 0 Å². The van der Waals surface area contributed by atoms with E-state index in [1.807, 2.05) is 6.08 Å². The number of nitrogens with one attached hydrogen (secondary N) is 3. The Morgan fingerprint density at radius 1 is 0.621 bits per heavy atom. The van der Waals surface area contributed by atoms with Crippen LogP contribution in [-0.4, -0.2) is 20.7 Å². The second-order valence-corrected chi connectivity index (χ2v) is 7.34. The van der Waals surface area contributed by atoms with E-state index in [4.69, 9.17) is 4.99 Å². The average Bonchev–Trinajstić information content (AvgIpc) is 3.50. The number of H-pyrrole nitrogens is 3. The van der Waals surface area contributed by atoms with Gasteiger partial charge < -0.3 is 15.0 Å². The Kier molecular flexibility index (Phi) is 3.43. The first-order chi connectivity index (χ1) is 14.3. The lowest BCUT2D eigenvalue weighted by Crippen LogP contribution is -2.25. The first-order valence-electron chi connectivity index (χ1n) is 9.64. The summed E-state index contributed by atoms with van der Waals surface area (Å²) in [6.45, 7) is 0. The van der Waals surface area contributed by atoms with Crippen LogP contribution < -0.4 is 21.3 Å². The highest BCUT2D eigenvalue weighted by Gasteiger charge is 2.06. The Morgan fingerprint density at radius 2 is 1.38 bits per heavy atom. The fourth-order valence-electron chi connectivity index (χ4n) is 3.87. The van der Waals surface area contributed by atoms with Crippen LogP contribution in [0.1, 0.15) is 17.1 Å². The minimum atomic E-state index is 0.935. The van der Waals surface area contributed by atoms with Crippen molar-refractivity contribution in [2.75, 3.05) is 0 Å². The van der Waals surface area contributed by atoms with Crippen molar-refractivity contribution in [1.82, 2.24) is 15.0 Å². The molecular formula is C25H18N4. The lowest BCUT2D eigenvalue weighted by Gasteiger charge is -1.91. The van der Waals surface area contributed by atoms with E-state index in [2.05, 4.69) is 100.0 Å². The third-order valence-corrected chi connectivity index (χ3v) is 5.21. The topological polar surface area (TPSA) is 59.7 Å². The largest absolute Gasteiger partial charge is 0.355 e. The van der Waals surface area contributed by atoms with Crippen molar-refractivity contribution in [1.29, 1.82) is 0 Å². The van der Waals surface area contributed by atoms with Gasteiger partial charge in [0, 0.05) is 38.3 Å². The molecule has 3 N–H and O–H groups in total. The first kappa shape index (κ1) is 16.0. The second kappa shape index (κ2) is 6.24. The van der Waals surface area contributed by atoms with E-state index in [1.54, 1.807) is 0 Å². The van der Waals surface area contributed by atoms with Crippen LogP contribution in [0.2, 0.25) is 0 Å². The second-order valence-electron chi connectivity index (χ2n) is 7.34. The summed E-state index contributed by atoms with van der Waals surface area (Å²) >= 11 is 0. The van der Waals surface area contributed by atoms with E-state index < -0.39 is 0 Å². The average molecular weight is 374 g/mol. The molecule has 3 aromatic rings. The number of hydrogen-bond donors (Lipinski definition) is 3. The molecule has 4 nitrogen and oxygen atoms in total. The van der Waals surface area contributed by atoms with Crippen LogP contribution >= 0.6 is 0 Å². The normalized spacial score (nSPS) is 16.3. The van der Waals surface area contributed by atoms with Gasteiger partial charge in [-0.05, 0) is 72.4 Å². The molecule has 0 radical (unpaired) electrons. The Morgan fingerprint density at radius 3 is 2.21 bits per heavy atom. The summed E-state index contributed by atoms with van der Waals surface area (Å²) in [6.07, 6.45) is 20.9. The molecule has 4 heteroatoms. The van der Waals surface area contributed by atoms with E-state index in [0.29, 0.717) is 0 Å². The molecule has 2 aliphatic heterocycles. The van der Waals surface area contributed by atoms with E-state index >= 15 is 0 Å². The molecule has 0 saturated carbocycles. The summed E-state index contributed by atoms with van der Waals surface area (Å²) in [5.74, 6) is 0. The SMILES string of the molecule is C1=CC(=c2cc3[nH]c2=CC2=NC(=Cc4ccc([nH]4)C=c4ccc([nH]4)=C3)C=C2)C=C1. The number of allylic oxidation sites excluding steroid dienone is 6. The molecule has 1 aliphatic carbocycles. The molecule has 0 spiro atoms. The monoisotopic (exact) mass is 374 g/mol. The molecule has 0 fully saturated rings. The van der Waals surface area contributed by atoms with Crippen LogP contribution in [0.4, 0.5) is 0 Å². The number of rotatable bonds is 0. The molecule has 8 bridgehead atoms. The third-order valence-electron chi connectivity index (χ3n) is 5.21. The van der Waals surface area contributed by atoms with Crippen LogP contribution in [-0.2, 0) is 0 Å². The third kappa shape index (κ3) is 3.01. The van der Waals surface area contributed by atoms with Gasteiger partial charge in [-0.2, -0.15) is 0 Å². The highest BCUT2D eigenvalue weighted by atomic mass is 14.8. The van der Waals surface area contributed by atoms with Gasteiger partial charge in [0.1, 0.15) is 0 Å². The van der Waals surface area contributed by atoms with Crippen molar-refractivity contribution in [2.45, 2.75) is 0 Å². The van der Waals surface area contributed by atoms with Crippen LogP contribution in [0, 0.1) is 0 Å². The summed E-state index contributed by atoms with van der Waals surface area (Å²) in [6, 6.07) is 10.5. The van der Waals surface area contributed by atoms with Gasteiger partial charge in [-0.15, -0.1) is 0 Å². The number of fused-ring (bicyclic) bond motifs is 7. The fourth-order valence-corrected chi connectivity index (χ4v) is 3.87. The standard InChI is InChI=1S/C25H18N4/c1-2-4-16(3-1)24-14-23-13-21-8-7-19(27-21)11-17-5-6-18(26-17)12-20-9-10-22(28-20)15-25(24)29-23/h1-15,26-27,29H. The number of nitrogens with zero attached hydrogens (tertiary/aromatic N) is 1. The summed E-state index contributed by atoms with van der Waals surface area (Å²) in [5.41, 5.74) is 6.20. The van der Waals surface area contributed by atoms with Crippen molar-refractivity contribution < 1.29 is 0 Å². The zero-order valence-electron chi connectivity index (χ0n) is 15.6. The molecular weight excluding hydrogens is 356 g/mol. The smallest absolute Gasteiger partial charge is 0.0658 e. The summed E-state index contributed by atoms with van der Waals surface area (Å²) in [5, 5.41) is 4.34. The molecule has 0 atom stereocenters. The molecule has 138 valence electrons. The fraction of sp³-hybridized carbons (Fsp3) is 0. The van der Waals surface area contributed by atoms with Crippen LogP contribution in [0.25, 0.3) is 29.9 Å². The molecule has 3 aromatic heterocycles. The Balaban J connectivity index is 1.66. The molecule has 0 amide bonds. The Hall–Kier alpha value is -4.05. The van der Waals surface area contributed by atoms with Gasteiger partial charge in [0.25, 0.3) is 0 Å². The summed E-state index contributed by atoms with van der Waals surface area (Å²) in [4.78, 5) is 15.2. The zero-order valence-corrected chi connectivity index (χ0v) is 15.6. The van der Waals surface area contributed by atoms with E-state index in [0.717, 1.165) is 44.5 Å². The lowest BCUT2D eigenvalue weighted by molar-refractivity contribution is 1.24. The van der Waals surface area contributed by atoms with Gasteiger partial charge in [0.2, 0.25) is 0 Å². The first-order valence-corrected chi connectivity index (χ1v) is 9.64. The highest BCUT2D eigenvalue weighted by molar-refractivity contribution is 6.19. The predicted octanol–water partition coefficient (Wildman–Crippen LogP) is 1.75. The maximum absolute atomic E-state index is 4.76. The summed E-state index contributed by atoms with van der Waals surface area (Å²) < 4.78 is 0. The Bertz CT molecular complexity index is 1520. The van der Waals surface area contributed by atoms with E-state index in [9.17, 15) is 0 Å². The molecule has 0 saturated heterocycles. The number of aromatic nitrogens is 3. The Labute approximate surface area is 166 Å². The molecule has 6 rings (SSSR count). The van der Waals surface area contributed by atoms with Crippen molar-refractivity contribution in [2.24, 2.45) is 4.99 Å². The van der Waals surface area contributed by atoms with Crippen LogP contribution in [0.5, 0.6) is 0 Å². The minimum absolute atomic E-state index is 0.935. The quantitative estimate of drug-likeness (QED) is 0.537. The maximum Gasteiger partial charge on any atom is 0.0658 e. The van der Waals surface area contributed by atoms with Gasteiger partial charge in [-0.3, -0.25) is 0 Å². The van der Waals surface area contributed by atoms with Gasteiger partial charge >= 0.3 is 0 Å². The number of aliphatic imine (C=N–C) groups is 1. The van der Waals surface area contributed by atoms with Gasteiger partial charge in [-0.1, -0.05) is 24.3 Å². The summed E-state index contributed by atoms with van der Waals surface area (Å²) in [7, 11) is 0. The van der Waals surface area contributed by atoms with Gasteiger partial charge in [0.05, 0.1) is 11.4 Å². The molecule has 0 unspecified atom stereocenters. The lowest BCUT2D eigenvalue weighted by atomic mass is 10.2. The molecule has 3 aliphatic rings. The molecule has 29 heavy (non-hydrogen) atoms. The maximum atomic E-state index is 4.76. The van der Waals surface area contributed by atoms with E-state index in [1.165, 1.54) is 10.8 Å². The number of aromatic amines is 3. The van der Waals surface area contributed by atoms with Gasteiger partial charge in [-0.25, -0.2) is 4.99 Å². The van der Waals surface area contributed by atoms with Gasteiger partial charge in [0.15, 0.2) is 0 Å². The van der Waals surface area contributed by atoms with Crippen molar-refractivity contribution in [3.63, 3.8) is 0 Å². The predicted molar refractivity (Wildman–Crippen MR) is 119 cm³/mol.